The van der Waals surface area contributed by atoms with E-state index in [1.807, 2.05) is 0 Å². The Labute approximate surface area is 111 Å². The van der Waals surface area contributed by atoms with Crippen LogP contribution in [0.15, 0.2) is 18.6 Å². The second kappa shape index (κ2) is 5.64. The number of hydrogen-bond acceptors (Lipinski definition) is 4. The molecule has 1 aromatic rings. The van der Waals surface area contributed by atoms with E-state index in [0.717, 1.165) is 0 Å². The zero-order valence-electron chi connectivity index (χ0n) is 11.1. The number of rotatable bonds is 1. The van der Waals surface area contributed by atoms with E-state index in [1.54, 1.807) is 28.8 Å². The third kappa shape index (κ3) is 2.98. The zero-order valence-corrected chi connectivity index (χ0v) is 11.1. The summed E-state index contributed by atoms with van der Waals surface area (Å²) in [7, 11) is 3.44. The number of urea groups is 1. The molecule has 7 nitrogen and oxygen atoms in total. The summed E-state index contributed by atoms with van der Waals surface area (Å²) in [5.41, 5.74) is 0.342. The van der Waals surface area contributed by atoms with Gasteiger partial charge in [0.25, 0.3) is 5.91 Å². The zero-order chi connectivity index (χ0) is 13.8. The van der Waals surface area contributed by atoms with Crippen LogP contribution < -0.4 is 0 Å². The molecule has 0 unspecified atom stereocenters. The minimum atomic E-state index is -0.134. The monoisotopic (exact) mass is 263 g/mol. The molecule has 0 bridgehead atoms. The summed E-state index contributed by atoms with van der Waals surface area (Å²) in [5, 5.41) is 0. The van der Waals surface area contributed by atoms with Gasteiger partial charge in [-0.05, 0) is 0 Å². The minimum absolute atomic E-state index is 0.0217. The highest BCUT2D eigenvalue weighted by Gasteiger charge is 2.26. The number of amides is 3. The van der Waals surface area contributed by atoms with Crippen molar-refractivity contribution in [1.82, 2.24) is 24.7 Å². The van der Waals surface area contributed by atoms with Crippen LogP contribution in [0.1, 0.15) is 10.5 Å². The molecule has 0 aromatic carbocycles. The van der Waals surface area contributed by atoms with Gasteiger partial charge in [0.2, 0.25) is 0 Å². The average Bonchev–Trinajstić information content (AvgIpc) is 2.46. The molecule has 0 aliphatic carbocycles. The molecule has 1 aromatic heterocycles. The number of nitrogens with zero attached hydrogens (tertiary/aromatic N) is 5. The number of aromatic nitrogens is 2. The highest BCUT2D eigenvalue weighted by Crippen LogP contribution is 2.07. The summed E-state index contributed by atoms with van der Waals surface area (Å²) < 4.78 is 0. The quantitative estimate of drug-likeness (QED) is 0.710. The van der Waals surface area contributed by atoms with Gasteiger partial charge in [-0.2, -0.15) is 0 Å². The first-order chi connectivity index (χ1) is 9.09. The molecule has 102 valence electrons. The molecule has 1 fully saturated rings. The molecule has 3 amide bonds. The Morgan fingerprint density at radius 1 is 1.11 bits per heavy atom. The van der Waals surface area contributed by atoms with Crippen molar-refractivity contribution in [1.29, 1.82) is 0 Å². The smallest absolute Gasteiger partial charge is 0.319 e. The maximum atomic E-state index is 12.1. The van der Waals surface area contributed by atoms with Gasteiger partial charge in [0, 0.05) is 52.7 Å². The average molecular weight is 263 g/mol. The molecule has 7 heteroatoms. The lowest BCUT2D eigenvalue weighted by Crippen LogP contribution is -2.53. The molecule has 1 aliphatic heterocycles. The number of carbonyl (C=O) groups excluding carboxylic acids is 2. The molecule has 0 N–H and O–H groups in total. The Morgan fingerprint density at radius 2 is 1.74 bits per heavy atom. The second-order valence-corrected chi connectivity index (χ2v) is 4.55. The highest BCUT2D eigenvalue weighted by molar-refractivity contribution is 5.92. The summed E-state index contributed by atoms with van der Waals surface area (Å²) in [5.74, 6) is -0.134. The van der Waals surface area contributed by atoms with Gasteiger partial charge in [-0.3, -0.25) is 9.78 Å². The lowest BCUT2D eigenvalue weighted by molar-refractivity contribution is 0.0644. The fraction of sp³-hybridized carbons (Fsp3) is 0.500. The number of piperazine rings is 1. The molecule has 0 atom stereocenters. The van der Waals surface area contributed by atoms with Crippen LogP contribution in [0.4, 0.5) is 4.79 Å². The summed E-state index contributed by atoms with van der Waals surface area (Å²) >= 11 is 0. The van der Waals surface area contributed by atoms with E-state index < -0.39 is 0 Å². The summed E-state index contributed by atoms with van der Waals surface area (Å²) in [6, 6.07) is -0.0217. The molecule has 0 spiro atoms. The molecule has 2 heterocycles. The topological polar surface area (TPSA) is 69.6 Å². The molecule has 0 radical (unpaired) electrons. The third-order valence-corrected chi connectivity index (χ3v) is 3.00. The SMILES string of the molecule is CN(C)C(=O)N1CCN(C(=O)c2cnccn2)CC1. The van der Waals surface area contributed by atoms with E-state index in [0.29, 0.717) is 31.9 Å². The fourth-order valence-electron chi connectivity index (χ4n) is 1.96. The lowest BCUT2D eigenvalue weighted by atomic mass is 10.3. The Kier molecular flexibility index (Phi) is 3.94. The molecule has 1 aliphatic rings. The van der Waals surface area contributed by atoms with Crippen molar-refractivity contribution in [3.05, 3.63) is 24.3 Å². The first kappa shape index (κ1) is 13.3. The third-order valence-electron chi connectivity index (χ3n) is 3.00. The van der Waals surface area contributed by atoms with Crippen molar-refractivity contribution in [3.63, 3.8) is 0 Å². The Morgan fingerprint density at radius 3 is 2.26 bits per heavy atom. The first-order valence-electron chi connectivity index (χ1n) is 6.11. The predicted octanol–water partition coefficient (Wildman–Crippen LogP) is -0.0840. The lowest BCUT2D eigenvalue weighted by Gasteiger charge is -2.35. The summed E-state index contributed by atoms with van der Waals surface area (Å²) in [6.45, 7) is 2.13. The minimum Gasteiger partial charge on any atom is -0.334 e. The van der Waals surface area contributed by atoms with Crippen LogP contribution in [0.5, 0.6) is 0 Å². The van der Waals surface area contributed by atoms with Gasteiger partial charge in [0.05, 0.1) is 6.20 Å². The second-order valence-electron chi connectivity index (χ2n) is 4.55. The number of hydrogen-bond donors (Lipinski definition) is 0. The van der Waals surface area contributed by atoms with Crippen LogP contribution in [-0.4, -0.2) is 76.9 Å². The van der Waals surface area contributed by atoms with Gasteiger partial charge in [0.15, 0.2) is 0 Å². The molecular weight excluding hydrogens is 246 g/mol. The normalized spacial score (nSPS) is 15.3. The van der Waals surface area contributed by atoms with E-state index in [1.165, 1.54) is 18.6 Å². The van der Waals surface area contributed by atoms with Crippen LogP contribution in [0.3, 0.4) is 0 Å². The van der Waals surface area contributed by atoms with E-state index >= 15 is 0 Å². The maximum absolute atomic E-state index is 12.1. The summed E-state index contributed by atoms with van der Waals surface area (Å²) in [4.78, 5) is 36.7. The van der Waals surface area contributed by atoms with Gasteiger partial charge in [-0.25, -0.2) is 9.78 Å². The van der Waals surface area contributed by atoms with E-state index in [9.17, 15) is 9.59 Å². The first-order valence-corrected chi connectivity index (χ1v) is 6.11. The van der Waals surface area contributed by atoms with Gasteiger partial charge in [0.1, 0.15) is 5.69 Å². The molecule has 2 rings (SSSR count). The highest BCUT2D eigenvalue weighted by atomic mass is 16.2. The maximum Gasteiger partial charge on any atom is 0.319 e. The van der Waals surface area contributed by atoms with Crippen molar-refractivity contribution in [2.24, 2.45) is 0 Å². The van der Waals surface area contributed by atoms with Crippen LogP contribution in [-0.2, 0) is 0 Å². The van der Waals surface area contributed by atoms with E-state index in [2.05, 4.69) is 9.97 Å². The van der Waals surface area contributed by atoms with E-state index in [-0.39, 0.29) is 11.9 Å². The van der Waals surface area contributed by atoms with Crippen LogP contribution in [0.2, 0.25) is 0 Å². The van der Waals surface area contributed by atoms with Crippen LogP contribution in [0, 0.1) is 0 Å². The van der Waals surface area contributed by atoms with Gasteiger partial charge in [-0.15, -0.1) is 0 Å². The van der Waals surface area contributed by atoms with Crippen molar-refractivity contribution in [2.75, 3.05) is 40.3 Å². The van der Waals surface area contributed by atoms with Crippen LogP contribution in [0.25, 0.3) is 0 Å². The molecule has 1 saturated heterocycles. The van der Waals surface area contributed by atoms with Crippen molar-refractivity contribution < 1.29 is 9.59 Å². The summed E-state index contributed by atoms with van der Waals surface area (Å²) in [6.07, 6.45) is 4.49. The van der Waals surface area contributed by atoms with Gasteiger partial charge < -0.3 is 14.7 Å². The number of carbonyl (C=O) groups is 2. The Hall–Kier alpha value is -2.18. The molecule has 19 heavy (non-hydrogen) atoms. The van der Waals surface area contributed by atoms with Crippen molar-refractivity contribution >= 4 is 11.9 Å². The van der Waals surface area contributed by atoms with Gasteiger partial charge in [-0.1, -0.05) is 0 Å². The van der Waals surface area contributed by atoms with Crippen molar-refractivity contribution in [2.45, 2.75) is 0 Å². The standard InChI is InChI=1S/C12H17N5O2/c1-15(2)12(19)17-7-5-16(6-8-17)11(18)10-9-13-3-4-14-10/h3-4,9H,5-8H2,1-2H3. The van der Waals surface area contributed by atoms with Crippen molar-refractivity contribution in [3.8, 4) is 0 Å². The van der Waals surface area contributed by atoms with E-state index in [4.69, 9.17) is 0 Å². The van der Waals surface area contributed by atoms with Crippen LogP contribution >= 0.6 is 0 Å². The Bertz CT molecular complexity index is 454. The largest absolute Gasteiger partial charge is 0.334 e. The molecular formula is C12H17N5O2. The van der Waals surface area contributed by atoms with Gasteiger partial charge >= 0.3 is 6.03 Å². The fourth-order valence-corrected chi connectivity index (χ4v) is 1.96. The Balaban J connectivity index is 1.94. The predicted molar refractivity (Wildman–Crippen MR) is 68.6 cm³/mol. The molecule has 0 saturated carbocycles.